The number of nitrogens with zero attached hydrogens (tertiary/aromatic N) is 3. The number of piperazine rings is 1. The summed E-state index contributed by atoms with van der Waals surface area (Å²) in [4.78, 5) is 10.9. The Morgan fingerprint density at radius 2 is 2.06 bits per heavy atom. The first kappa shape index (κ1) is 13.9. The minimum atomic E-state index is 0.999. The lowest BCUT2D eigenvalue weighted by atomic mass is 10.3. The van der Waals surface area contributed by atoms with Crippen molar-refractivity contribution in [3.63, 3.8) is 0 Å². The van der Waals surface area contributed by atoms with E-state index < -0.39 is 0 Å². The average Bonchev–Trinajstić information content (AvgIpc) is 2.84. The zero-order valence-electron chi connectivity index (χ0n) is 11.5. The molecule has 0 saturated carbocycles. The van der Waals surface area contributed by atoms with Gasteiger partial charge in [-0.3, -0.25) is 9.80 Å². The van der Waals surface area contributed by atoms with Gasteiger partial charge >= 0.3 is 0 Å². The lowest BCUT2D eigenvalue weighted by Gasteiger charge is -2.26. The van der Waals surface area contributed by atoms with Crippen LogP contribution in [-0.4, -0.2) is 54.1 Å². The maximum atomic E-state index is 4.55. The van der Waals surface area contributed by atoms with Gasteiger partial charge in [-0.05, 0) is 13.1 Å². The molecule has 0 aliphatic carbocycles. The molecule has 2 heterocycles. The van der Waals surface area contributed by atoms with Crippen molar-refractivity contribution in [2.45, 2.75) is 26.9 Å². The monoisotopic (exact) mass is 268 g/mol. The molecule has 0 bridgehead atoms. The highest BCUT2D eigenvalue weighted by molar-refractivity contribution is 7.11. The van der Waals surface area contributed by atoms with Gasteiger partial charge < -0.3 is 5.32 Å². The molecule has 4 nitrogen and oxygen atoms in total. The Hall–Kier alpha value is -0.490. The van der Waals surface area contributed by atoms with E-state index in [1.165, 1.54) is 9.88 Å². The van der Waals surface area contributed by atoms with E-state index in [1.807, 2.05) is 11.3 Å². The fourth-order valence-corrected chi connectivity index (χ4v) is 3.23. The van der Waals surface area contributed by atoms with Gasteiger partial charge in [-0.15, -0.1) is 11.3 Å². The van der Waals surface area contributed by atoms with Crippen LogP contribution in [0, 0.1) is 0 Å². The zero-order chi connectivity index (χ0) is 12.8. The van der Waals surface area contributed by atoms with Gasteiger partial charge in [0.25, 0.3) is 0 Å². The van der Waals surface area contributed by atoms with Crippen LogP contribution in [0.15, 0.2) is 6.20 Å². The van der Waals surface area contributed by atoms with E-state index in [9.17, 15) is 0 Å². The van der Waals surface area contributed by atoms with Crippen molar-refractivity contribution < 1.29 is 0 Å². The van der Waals surface area contributed by atoms with Crippen molar-refractivity contribution in [1.29, 1.82) is 0 Å². The maximum Gasteiger partial charge on any atom is 0.107 e. The standard InChI is InChI=1S/C13H24N4S/c1-3-16(4-2)11-13-15-9-12(18-13)10-17-7-5-14-6-8-17/h9,14H,3-8,10-11H2,1-2H3. The average molecular weight is 268 g/mol. The summed E-state index contributed by atoms with van der Waals surface area (Å²) >= 11 is 1.87. The summed E-state index contributed by atoms with van der Waals surface area (Å²) in [6.45, 7) is 13.2. The van der Waals surface area contributed by atoms with Gasteiger partial charge in [0.05, 0.1) is 6.54 Å². The van der Waals surface area contributed by atoms with Crippen molar-refractivity contribution >= 4 is 11.3 Å². The highest BCUT2D eigenvalue weighted by Crippen LogP contribution is 2.17. The van der Waals surface area contributed by atoms with Gasteiger partial charge in [0.15, 0.2) is 0 Å². The molecular formula is C13H24N4S. The smallest absolute Gasteiger partial charge is 0.107 e. The quantitative estimate of drug-likeness (QED) is 0.845. The Kier molecular flexibility index (Phi) is 5.56. The summed E-state index contributed by atoms with van der Waals surface area (Å²) in [5.41, 5.74) is 0. The number of hydrogen-bond donors (Lipinski definition) is 1. The highest BCUT2D eigenvalue weighted by Gasteiger charge is 2.12. The molecule has 1 fully saturated rings. The second-order valence-electron chi connectivity index (χ2n) is 4.71. The largest absolute Gasteiger partial charge is 0.314 e. The van der Waals surface area contributed by atoms with Gasteiger partial charge in [-0.1, -0.05) is 13.8 Å². The van der Waals surface area contributed by atoms with Crippen LogP contribution in [0.1, 0.15) is 23.7 Å². The Morgan fingerprint density at radius 3 is 2.72 bits per heavy atom. The van der Waals surface area contributed by atoms with Crippen molar-refractivity contribution in [1.82, 2.24) is 20.1 Å². The van der Waals surface area contributed by atoms with E-state index >= 15 is 0 Å². The Bertz CT molecular complexity index is 343. The number of thiazole rings is 1. The first-order valence-electron chi connectivity index (χ1n) is 6.90. The number of nitrogens with one attached hydrogen (secondary N) is 1. The molecular weight excluding hydrogens is 244 g/mol. The first-order chi connectivity index (χ1) is 8.81. The molecule has 0 atom stereocenters. The Labute approximate surface area is 114 Å². The van der Waals surface area contributed by atoms with Crippen LogP contribution in [0.3, 0.4) is 0 Å². The molecule has 0 spiro atoms. The van der Waals surface area contributed by atoms with Crippen LogP contribution < -0.4 is 5.32 Å². The summed E-state index contributed by atoms with van der Waals surface area (Å²) in [6.07, 6.45) is 2.06. The van der Waals surface area contributed by atoms with Gasteiger partial charge in [-0.25, -0.2) is 4.98 Å². The lowest BCUT2D eigenvalue weighted by Crippen LogP contribution is -2.42. The van der Waals surface area contributed by atoms with Crippen molar-refractivity contribution in [3.05, 3.63) is 16.1 Å². The lowest BCUT2D eigenvalue weighted by molar-refractivity contribution is 0.235. The Morgan fingerprint density at radius 1 is 1.33 bits per heavy atom. The predicted octanol–water partition coefficient (Wildman–Crippen LogP) is 1.39. The third-order valence-corrected chi connectivity index (χ3v) is 4.41. The molecule has 0 radical (unpaired) electrons. The van der Waals surface area contributed by atoms with Crippen LogP contribution >= 0.6 is 11.3 Å². The molecule has 0 unspecified atom stereocenters. The molecule has 1 saturated heterocycles. The van der Waals surface area contributed by atoms with E-state index in [4.69, 9.17) is 0 Å². The molecule has 0 amide bonds. The SMILES string of the molecule is CCN(CC)Cc1ncc(CN2CCNCC2)s1. The van der Waals surface area contributed by atoms with E-state index in [0.717, 1.165) is 52.4 Å². The number of rotatable bonds is 6. The zero-order valence-corrected chi connectivity index (χ0v) is 12.3. The summed E-state index contributed by atoms with van der Waals surface area (Å²) in [5.74, 6) is 0. The van der Waals surface area contributed by atoms with Crippen LogP contribution in [0.4, 0.5) is 0 Å². The first-order valence-corrected chi connectivity index (χ1v) is 7.72. The van der Waals surface area contributed by atoms with Crippen LogP contribution in [0.25, 0.3) is 0 Å². The van der Waals surface area contributed by atoms with Crippen molar-refractivity contribution in [2.24, 2.45) is 0 Å². The third-order valence-electron chi connectivity index (χ3n) is 3.44. The molecule has 1 aliphatic rings. The molecule has 0 aromatic carbocycles. The maximum absolute atomic E-state index is 4.55. The van der Waals surface area contributed by atoms with Gasteiger partial charge in [0.1, 0.15) is 5.01 Å². The van der Waals surface area contributed by atoms with Gasteiger partial charge in [0.2, 0.25) is 0 Å². The van der Waals surface area contributed by atoms with E-state index in [1.54, 1.807) is 0 Å². The molecule has 1 aliphatic heterocycles. The molecule has 5 heteroatoms. The van der Waals surface area contributed by atoms with E-state index in [2.05, 4.69) is 40.1 Å². The normalized spacial score (nSPS) is 17.5. The molecule has 1 aromatic heterocycles. The van der Waals surface area contributed by atoms with Crippen LogP contribution in [-0.2, 0) is 13.1 Å². The Balaban J connectivity index is 1.85. The predicted molar refractivity (Wildman–Crippen MR) is 76.9 cm³/mol. The molecule has 2 rings (SSSR count). The van der Waals surface area contributed by atoms with Gasteiger partial charge in [-0.2, -0.15) is 0 Å². The topological polar surface area (TPSA) is 31.4 Å². The second-order valence-corrected chi connectivity index (χ2v) is 5.91. The van der Waals surface area contributed by atoms with Crippen LogP contribution in [0.2, 0.25) is 0 Å². The van der Waals surface area contributed by atoms with Crippen molar-refractivity contribution in [3.8, 4) is 0 Å². The van der Waals surface area contributed by atoms with Crippen LogP contribution in [0.5, 0.6) is 0 Å². The minimum Gasteiger partial charge on any atom is -0.314 e. The summed E-state index contributed by atoms with van der Waals surface area (Å²) in [5, 5.41) is 4.64. The van der Waals surface area contributed by atoms with Gasteiger partial charge in [0, 0.05) is 43.8 Å². The molecule has 1 N–H and O–H groups in total. The highest BCUT2D eigenvalue weighted by atomic mass is 32.1. The minimum absolute atomic E-state index is 0.999. The van der Waals surface area contributed by atoms with E-state index in [0.29, 0.717) is 0 Å². The number of aromatic nitrogens is 1. The fourth-order valence-electron chi connectivity index (χ4n) is 2.22. The third kappa shape index (κ3) is 4.02. The number of hydrogen-bond acceptors (Lipinski definition) is 5. The molecule has 102 valence electrons. The summed E-state index contributed by atoms with van der Waals surface area (Å²) in [6, 6.07) is 0. The molecule has 18 heavy (non-hydrogen) atoms. The van der Waals surface area contributed by atoms with E-state index in [-0.39, 0.29) is 0 Å². The fraction of sp³-hybridized carbons (Fsp3) is 0.769. The second kappa shape index (κ2) is 7.19. The summed E-state index contributed by atoms with van der Waals surface area (Å²) < 4.78 is 0. The van der Waals surface area contributed by atoms with Crippen molar-refractivity contribution in [2.75, 3.05) is 39.3 Å². The summed E-state index contributed by atoms with van der Waals surface area (Å²) in [7, 11) is 0. The molecule has 1 aromatic rings.